The van der Waals surface area contributed by atoms with Crippen LogP contribution in [-0.4, -0.2) is 35.4 Å². The molecule has 1 aromatic rings. The molecular weight excluding hydrogens is 234 g/mol. The van der Waals surface area contributed by atoms with Crippen LogP contribution in [0, 0.1) is 0 Å². The molecule has 1 aromatic carbocycles. The van der Waals surface area contributed by atoms with Gasteiger partial charge in [0, 0.05) is 5.54 Å². The fraction of sp³-hybridized carbons (Fsp3) is 0.462. The normalized spacial score (nSPS) is 13.1. The van der Waals surface area contributed by atoms with Gasteiger partial charge in [0.15, 0.2) is 0 Å². The number of aliphatic hydroxyl groups is 1. The van der Waals surface area contributed by atoms with Crippen molar-refractivity contribution in [1.29, 1.82) is 0 Å². The van der Waals surface area contributed by atoms with Crippen molar-refractivity contribution in [2.75, 3.05) is 13.7 Å². The number of nitrogens with one attached hydrogen (secondary N) is 1. The van der Waals surface area contributed by atoms with Gasteiger partial charge in [-0.05, 0) is 31.5 Å². The van der Waals surface area contributed by atoms with Crippen LogP contribution in [0.15, 0.2) is 24.3 Å². The first kappa shape index (κ1) is 14.5. The Hall–Kier alpha value is -1.59. The lowest BCUT2D eigenvalue weighted by Crippen LogP contribution is -2.47. The molecule has 0 aliphatic carbocycles. The van der Waals surface area contributed by atoms with E-state index in [-0.39, 0.29) is 6.61 Å². The number of rotatable bonds is 6. The molecule has 3 N–H and O–H groups in total. The third kappa shape index (κ3) is 3.72. The molecule has 1 unspecified atom stereocenters. The monoisotopic (exact) mass is 253 g/mol. The van der Waals surface area contributed by atoms with Crippen molar-refractivity contribution in [1.82, 2.24) is 5.32 Å². The molecular formula is C13H19NO4. The maximum Gasteiger partial charge on any atom is 0.325 e. The van der Waals surface area contributed by atoms with Gasteiger partial charge in [0.25, 0.3) is 0 Å². The van der Waals surface area contributed by atoms with Gasteiger partial charge in [-0.3, -0.25) is 10.1 Å². The maximum absolute atomic E-state index is 11.3. The Labute approximate surface area is 106 Å². The molecule has 0 fully saturated rings. The number of carboxylic acids is 1. The van der Waals surface area contributed by atoms with Crippen LogP contribution in [0.1, 0.15) is 25.5 Å². The summed E-state index contributed by atoms with van der Waals surface area (Å²) in [7, 11) is 1.55. The standard InChI is InChI=1S/C13H19NO4/c1-13(2,8-15)14-11(12(16)17)9-4-6-10(18-3)7-5-9/h4-7,11,14-15H,8H2,1-3H3,(H,16,17). The third-order valence-electron chi connectivity index (χ3n) is 2.63. The molecule has 18 heavy (non-hydrogen) atoms. The zero-order chi connectivity index (χ0) is 13.8. The molecule has 0 radical (unpaired) electrons. The van der Waals surface area contributed by atoms with Crippen LogP contribution in [0.5, 0.6) is 5.75 Å². The van der Waals surface area contributed by atoms with Crippen molar-refractivity contribution < 1.29 is 19.7 Å². The summed E-state index contributed by atoms with van der Waals surface area (Å²) in [5.74, 6) is -0.314. The van der Waals surface area contributed by atoms with E-state index in [0.717, 1.165) is 0 Å². The van der Waals surface area contributed by atoms with Gasteiger partial charge in [-0.1, -0.05) is 12.1 Å². The fourth-order valence-corrected chi connectivity index (χ4v) is 1.52. The van der Waals surface area contributed by atoms with E-state index in [1.807, 2.05) is 0 Å². The summed E-state index contributed by atoms with van der Waals surface area (Å²) in [5.41, 5.74) is -0.0481. The number of methoxy groups -OCH3 is 1. The van der Waals surface area contributed by atoms with Crippen LogP contribution >= 0.6 is 0 Å². The second kappa shape index (κ2) is 5.84. The van der Waals surface area contributed by atoms with Crippen molar-refractivity contribution in [2.45, 2.75) is 25.4 Å². The highest BCUT2D eigenvalue weighted by Crippen LogP contribution is 2.20. The molecule has 0 saturated carbocycles. The fourth-order valence-electron chi connectivity index (χ4n) is 1.52. The van der Waals surface area contributed by atoms with Crippen LogP contribution in [0.2, 0.25) is 0 Å². The first-order valence-electron chi connectivity index (χ1n) is 5.65. The molecule has 5 nitrogen and oxygen atoms in total. The number of hydrogen-bond donors (Lipinski definition) is 3. The summed E-state index contributed by atoms with van der Waals surface area (Å²) in [4.78, 5) is 11.3. The predicted octanol–water partition coefficient (Wildman–Crippen LogP) is 1.18. The number of ether oxygens (including phenoxy) is 1. The zero-order valence-electron chi connectivity index (χ0n) is 10.8. The SMILES string of the molecule is COc1ccc(C(NC(C)(C)CO)C(=O)O)cc1. The minimum absolute atomic E-state index is 0.146. The summed E-state index contributed by atoms with van der Waals surface area (Å²) in [6.45, 7) is 3.34. The summed E-state index contributed by atoms with van der Waals surface area (Å²) < 4.78 is 5.02. The first-order valence-corrected chi connectivity index (χ1v) is 5.65. The molecule has 0 amide bonds. The minimum Gasteiger partial charge on any atom is -0.497 e. The third-order valence-corrected chi connectivity index (χ3v) is 2.63. The molecule has 5 heteroatoms. The van der Waals surface area contributed by atoms with E-state index in [2.05, 4.69) is 5.32 Å². The zero-order valence-corrected chi connectivity index (χ0v) is 10.8. The quantitative estimate of drug-likeness (QED) is 0.709. The van der Waals surface area contributed by atoms with Crippen LogP contribution < -0.4 is 10.1 Å². The molecule has 0 saturated heterocycles. The Morgan fingerprint density at radius 3 is 2.33 bits per heavy atom. The smallest absolute Gasteiger partial charge is 0.325 e. The molecule has 1 rings (SSSR count). The van der Waals surface area contributed by atoms with E-state index in [4.69, 9.17) is 4.74 Å². The predicted molar refractivity (Wildman–Crippen MR) is 67.7 cm³/mol. The Morgan fingerprint density at radius 2 is 1.94 bits per heavy atom. The highest BCUT2D eigenvalue weighted by atomic mass is 16.5. The Bertz CT molecular complexity index is 400. The van der Waals surface area contributed by atoms with E-state index in [0.29, 0.717) is 11.3 Å². The summed E-state index contributed by atoms with van der Waals surface area (Å²) in [6.07, 6.45) is 0. The largest absolute Gasteiger partial charge is 0.497 e. The molecule has 0 bridgehead atoms. The van der Waals surface area contributed by atoms with Gasteiger partial charge in [0.2, 0.25) is 0 Å². The van der Waals surface area contributed by atoms with Crippen molar-refractivity contribution in [3.63, 3.8) is 0 Å². The molecule has 1 atom stereocenters. The van der Waals surface area contributed by atoms with Crippen LogP contribution in [0.3, 0.4) is 0 Å². The second-order valence-electron chi connectivity index (χ2n) is 4.73. The van der Waals surface area contributed by atoms with Gasteiger partial charge in [-0.25, -0.2) is 0 Å². The summed E-state index contributed by atoms with van der Waals surface area (Å²) in [6, 6.07) is 5.94. The van der Waals surface area contributed by atoms with Gasteiger partial charge >= 0.3 is 5.97 Å². The van der Waals surface area contributed by atoms with Gasteiger partial charge in [-0.15, -0.1) is 0 Å². The molecule has 100 valence electrons. The second-order valence-corrected chi connectivity index (χ2v) is 4.73. The van der Waals surface area contributed by atoms with Crippen molar-refractivity contribution in [3.05, 3.63) is 29.8 Å². The number of aliphatic hydroxyl groups excluding tert-OH is 1. The van der Waals surface area contributed by atoms with Crippen LogP contribution in [0.25, 0.3) is 0 Å². The number of aliphatic carboxylic acids is 1. The Kier molecular flexibility index (Phi) is 4.69. The van der Waals surface area contributed by atoms with E-state index < -0.39 is 17.6 Å². The Morgan fingerprint density at radius 1 is 1.39 bits per heavy atom. The van der Waals surface area contributed by atoms with Crippen LogP contribution in [-0.2, 0) is 4.79 Å². The molecule has 0 aliphatic heterocycles. The van der Waals surface area contributed by atoms with Crippen molar-refractivity contribution >= 4 is 5.97 Å². The maximum atomic E-state index is 11.3. The molecule has 0 heterocycles. The number of hydrogen-bond acceptors (Lipinski definition) is 4. The van der Waals surface area contributed by atoms with Gasteiger partial charge in [0.1, 0.15) is 11.8 Å². The van der Waals surface area contributed by atoms with Gasteiger partial charge in [0.05, 0.1) is 13.7 Å². The molecule has 0 aliphatic rings. The lowest BCUT2D eigenvalue weighted by Gasteiger charge is -2.28. The van der Waals surface area contributed by atoms with Gasteiger partial charge in [-0.2, -0.15) is 0 Å². The molecule has 0 spiro atoms. The average molecular weight is 253 g/mol. The Balaban J connectivity index is 2.94. The first-order chi connectivity index (χ1) is 8.39. The highest BCUT2D eigenvalue weighted by molar-refractivity contribution is 5.75. The number of benzene rings is 1. The van der Waals surface area contributed by atoms with E-state index in [1.165, 1.54) is 0 Å². The summed E-state index contributed by atoms with van der Waals surface area (Å²) >= 11 is 0. The van der Waals surface area contributed by atoms with E-state index >= 15 is 0 Å². The highest BCUT2D eigenvalue weighted by Gasteiger charge is 2.27. The molecule has 0 aromatic heterocycles. The lowest BCUT2D eigenvalue weighted by molar-refractivity contribution is -0.140. The lowest BCUT2D eigenvalue weighted by atomic mass is 10.0. The number of carboxylic acid groups (broad SMARTS) is 1. The average Bonchev–Trinajstić information content (AvgIpc) is 2.36. The summed E-state index contributed by atoms with van der Waals surface area (Å²) in [5, 5.41) is 21.3. The van der Waals surface area contributed by atoms with E-state index in [1.54, 1.807) is 45.2 Å². The van der Waals surface area contributed by atoms with Crippen molar-refractivity contribution in [3.8, 4) is 5.75 Å². The minimum atomic E-state index is -0.985. The van der Waals surface area contributed by atoms with Gasteiger partial charge < -0.3 is 14.9 Å². The van der Waals surface area contributed by atoms with Crippen LogP contribution in [0.4, 0.5) is 0 Å². The van der Waals surface area contributed by atoms with Crippen molar-refractivity contribution in [2.24, 2.45) is 0 Å². The number of carbonyl (C=O) groups is 1. The topological polar surface area (TPSA) is 78.8 Å². The van der Waals surface area contributed by atoms with E-state index in [9.17, 15) is 15.0 Å².